The Morgan fingerprint density at radius 3 is 2.29 bits per heavy atom. The second-order valence-electron chi connectivity index (χ2n) is 8.15. The first-order chi connectivity index (χ1) is 16.8. The lowest BCUT2D eigenvalue weighted by molar-refractivity contribution is -0.130. The highest BCUT2D eigenvalue weighted by atomic mass is 32.2. The summed E-state index contributed by atoms with van der Waals surface area (Å²) in [6.45, 7) is 4.19. The van der Waals surface area contributed by atoms with Gasteiger partial charge in [-0.1, -0.05) is 60.3 Å². The summed E-state index contributed by atoms with van der Waals surface area (Å²) >= 11 is 1.43. The third kappa shape index (κ3) is 5.18. The second-order valence-corrected chi connectivity index (χ2v) is 9.09. The number of aromatic nitrogens is 4. The van der Waals surface area contributed by atoms with Crippen molar-refractivity contribution < 1.29 is 4.79 Å². The molecule has 0 radical (unpaired) electrons. The first-order valence-electron chi connectivity index (χ1n) is 11.4. The van der Waals surface area contributed by atoms with E-state index in [-0.39, 0.29) is 5.91 Å². The lowest BCUT2D eigenvalue weighted by Crippen LogP contribution is -2.48. The Morgan fingerprint density at radius 1 is 0.853 bits per heavy atom. The maximum absolute atomic E-state index is 13.0. The highest BCUT2D eigenvalue weighted by molar-refractivity contribution is 7.99. The minimum absolute atomic E-state index is 0.134. The smallest absolute Gasteiger partial charge is 0.233 e. The third-order valence-electron chi connectivity index (χ3n) is 5.87. The fraction of sp³-hybridized carbons (Fsp3) is 0.231. The summed E-state index contributed by atoms with van der Waals surface area (Å²) in [5, 5.41) is 9.53. The minimum atomic E-state index is 0.134. The highest BCUT2D eigenvalue weighted by Gasteiger charge is 2.23. The number of rotatable bonds is 7. The average Bonchev–Trinajstić information content (AvgIpc) is 3.33. The number of pyridine rings is 1. The van der Waals surface area contributed by atoms with Gasteiger partial charge >= 0.3 is 0 Å². The summed E-state index contributed by atoms with van der Waals surface area (Å²) in [6, 6.07) is 24.3. The van der Waals surface area contributed by atoms with Crippen LogP contribution in [0.4, 0.5) is 0 Å². The molecular formula is C26H26N6OS. The lowest BCUT2D eigenvalue weighted by Gasteiger charge is -2.34. The van der Waals surface area contributed by atoms with Crippen LogP contribution in [0.25, 0.3) is 17.1 Å². The van der Waals surface area contributed by atoms with Crippen molar-refractivity contribution in [1.82, 2.24) is 29.5 Å². The molecule has 2 aromatic carbocycles. The van der Waals surface area contributed by atoms with E-state index in [1.54, 1.807) is 12.4 Å². The van der Waals surface area contributed by atoms with Crippen LogP contribution in [0.1, 0.15) is 5.56 Å². The number of carbonyl (C=O) groups excluding carboxylic acids is 1. The second kappa shape index (κ2) is 10.6. The number of hydrogen-bond donors (Lipinski definition) is 0. The Bertz CT molecular complexity index is 1210. The van der Waals surface area contributed by atoms with Gasteiger partial charge in [0.15, 0.2) is 11.0 Å². The third-order valence-corrected chi connectivity index (χ3v) is 6.78. The molecule has 4 aromatic rings. The van der Waals surface area contributed by atoms with Crippen molar-refractivity contribution >= 4 is 17.7 Å². The van der Waals surface area contributed by atoms with Gasteiger partial charge in [-0.05, 0) is 29.8 Å². The largest absolute Gasteiger partial charge is 0.339 e. The quantitative estimate of drug-likeness (QED) is 0.383. The molecule has 1 saturated heterocycles. The van der Waals surface area contributed by atoms with Gasteiger partial charge in [0.05, 0.1) is 5.75 Å². The Kier molecular flexibility index (Phi) is 6.97. The summed E-state index contributed by atoms with van der Waals surface area (Å²) in [4.78, 5) is 21.6. The molecule has 0 N–H and O–H groups in total. The van der Waals surface area contributed by atoms with E-state index in [0.29, 0.717) is 16.7 Å². The van der Waals surface area contributed by atoms with Gasteiger partial charge in [0.25, 0.3) is 0 Å². The SMILES string of the molecule is O=C(CSc1nnc(-c2cccnc2)n1-c1ccccc1)N1CCN(Cc2ccccc2)CC1. The molecule has 0 spiro atoms. The normalized spacial score (nSPS) is 14.3. The Balaban J connectivity index is 1.24. The molecule has 0 aliphatic carbocycles. The maximum Gasteiger partial charge on any atom is 0.233 e. The molecular weight excluding hydrogens is 444 g/mol. The monoisotopic (exact) mass is 470 g/mol. The van der Waals surface area contributed by atoms with Crippen LogP contribution in [0.2, 0.25) is 0 Å². The van der Waals surface area contributed by atoms with Gasteiger partial charge in [0.1, 0.15) is 0 Å². The Hall–Kier alpha value is -3.49. The van der Waals surface area contributed by atoms with E-state index in [4.69, 9.17) is 0 Å². The first kappa shape index (κ1) is 22.3. The van der Waals surface area contributed by atoms with Crippen LogP contribution in [0.5, 0.6) is 0 Å². The van der Waals surface area contributed by atoms with Crippen LogP contribution in [-0.4, -0.2) is 67.4 Å². The van der Waals surface area contributed by atoms with E-state index >= 15 is 0 Å². The predicted octanol–water partition coefficient (Wildman–Crippen LogP) is 3.77. The van der Waals surface area contributed by atoms with Gasteiger partial charge in [-0.15, -0.1) is 10.2 Å². The molecule has 0 bridgehead atoms. The Labute approximate surface area is 203 Å². The van der Waals surface area contributed by atoms with Crippen LogP contribution < -0.4 is 0 Å². The van der Waals surface area contributed by atoms with E-state index in [2.05, 4.69) is 44.3 Å². The molecule has 8 heteroatoms. The molecule has 7 nitrogen and oxygen atoms in total. The van der Waals surface area contributed by atoms with Crippen molar-refractivity contribution in [2.24, 2.45) is 0 Å². The minimum Gasteiger partial charge on any atom is -0.339 e. The van der Waals surface area contributed by atoms with Crippen molar-refractivity contribution in [2.45, 2.75) is 11.7 Å². The molecule has 5 rings (SSSR count). The molecule has 0 saturated carbocycles. The number of thioether (sulfide) groups is 1. The van der Waals surface area contributed by atoms with Gasteiger partial charge in [0.2, 0.25) is 5.91 Å². The average molecular weight is 471 g/mol. The van der Waals surface area contributed by atoms with E-state index < -0.39 is 0 Å². The van der Waals surface area contributed by atoms with Crippen molar-refractivity contribution in [3.63, 3.8) is 0 Å². The molecule has 3 heterocycles. The molecule has 1 fully saturated rings. The van der Waals surface area contributed by atoms with Crippen LogP contribution >= 0.6 is 11.8 Å². The number of hydrogen-bond acceptors (Lipinski definition) is 6. The fourth-order valence-electron chi connectivity index (χ4n) is 4.07. The van der Waals surface area contributed by atoms with E-state index in [1.165, 1.54) is 17.3 Å². The number of piperazine rings is 1. The van der Waals surface area contributed by atoms with Gasteiger partial charge in [-0.2, -0.15) is 0 Å². The molecule has 1 aliphatic heterocycles. The number of carbonyl (C=O) groups is 1. The van der Waals surface area contributed by atoms with Crippen LogP contribution in [-0.2, 0) is 11.3 Å². The van der Waals surface area contributed by atoms with E-state index in [9.17, 15) is 4.79 Å². The van der Waals surface area contributed by atoms with E-state index in [0.717, 1.165) is 44.0 Å². The van der Waals surface area contributed by atoms with Crippen molar-refractivity contribution in [2.75, 3.05) is 31.9 Å². The topological polar surface area (TPSA) is 67.2 Å². The lowest BCUT2D eigenvalue weighted by atomic mass is 10.2. The molecule has 1 amide bonds. The predicted molar refractivity (Wildman–Crippen MR) is 134 cm³/mol. The molecule has 1 aliphatic rings. The van der Waals surface area contributed by atoms with Gasteiger partial charge in [0, 0.05) is 56.4 Å². The van der Waals surface area contributed by atoms with Crippen LogP contribution in [0.15, 0.2) is 90.3 Å². The number of para-hydroxylation sites is 1. The molecule has 172 valence electrons. The zero-order chi connectivity index (χ0) is 23.2. The maximum atomic E-state index is 13.0. The number of benzene rings is 2. The number of nitrogens with zero attached hydrogens (tertiary/aromatic N) is 6. The fourth-order valence-corrected chi connectivity index (χ4v) is 4.92. The summed E-state index contributed by atoms with van der Waals surface area (Å²) in [6.07, 6.45) is 3.51. The van der Waals surface area contributed by atoms with Crippen molar-refractivity contribution in [3.8, 4) is 17.1 Å². The van der Waals surface area contributed by atoms with Gasteiger partial charge < -0.3 is 4.90 Å². The van der Waals surface area contributed by atoms with E-state index in [1.807, 2.05) is 58.0 Å². The standard InChI is InChI=1S/C26H26N6OS/c33-24(31-16-14-30(15-17-31)19-21-8-3-1-4-9-21)20-34-26-29-28-25(22-10-7-13-27-18-22)32(26)23-11-5-2-6-12-23/h1-13,18H,14-17,19-20H2. The summed E-state index contributed by atoms with van der Waals surface area (Å²) in [5.41, 5.74) is 3.14. The molecule has 34 heavy (non-hydrogen) atoms. The zero-order valence-corrected chi connectivity index (χ0v) is 19.6. The summed E-state index contributed by atoms with van der Waals surface area (Å²) in [5.74, 6) is 1.18. The molecule has 0 unspecified atom stereocenters. The number of amides is 1. The molecule has 2 aromatic heterocycles. The highest BCUT2D eigenvalue weighted by Crippen LogP contribution is 2.27. The first-order valence-corrected chi connectivity index (χ1v) is 12.3. The van der Waals surface area contributed by atoms with Crippen LogP contribution in [0.3, 0.4) is 0 Å². The van der Waals surface area contributed by atoms with Crippen LogP contribution in [0, 0.1) is 0 Å². The van der Waals surface area contributed by atoms with Gasteiger partial charge in [-0.3, -0.25) is 19.2 Å². The molecule has 0 atom stereocenters. The summed E-state index contributed by atoms with van der Waals surface area (Å²) in [7, 11) is 0. The zero-order valence-electron chi connectivity index (χ0n) is 18.8. The van der Waals surface area contributed by atoms with Gasteiger partial charge in [-0.25, -0.2) is 0 Å². The Morgan fingerprint density at radius 2 is 1.59 bits per heavy atom. The summed E-state index contributed by atoms with van der Waals surface area (Å²) < 4.78 is 1.99. The van der Waals surface area contributed by atoms with Crippen molar-refractivity contribution in [1.29, 1.82) is 0 Å². The van der Waals surface area contributed by atoms with Crippen molar-refractivity contribution in [3.05, 3.63) is 90.8 Å².